The molecule has 0 amide bonds. The molecule has 5 nitrogen and oxygen atoms in total. The van der Waals surface area contributed by atoms with E-state index in [9.17, 15) is 0 Å². The highest BCUT2D eigenvalue weighted by atomic mass is 16.5. The van der Waals surface area contributed by atoms with Crippen LogP contribution in [0.1, 0.15) is 25.7 Å². The third-order valence-corrected chi connectivity index (χ3v) is 4.31. The van der Waals surface area contributed by atoms with E-state index in [0.29, 0.717) is 32.5 Å². The fourth-order valence-corrected chi connectivity index (χ4v) is 3.27. The van der Waals surface area contributed by atoms with Crippen molar-refractivity contribution in [3.8, 4) is 0 Å². The van der Waals surface area contributed by atoms with Crippen molar-refractivity contribution in [1.29, 1.82) is 0 Å². The van der Waals surface area contributed by atoms with Crippen LogP contribution >= 0.6 is 0 Å². The van der Waals surface area contributed by atoms with Crippen LogP contribution in [0.15, 0.2) is 0 Å². The molecule has 1 N–H and O–H groups in total. The van der Waals surface area contributed by atoms with Gasteiger partial charge in [-0.1, -0.05) is 6.42 Å². The smallest absolute Gasteiger partial charge is 0.0701 e. The summed E-state index contributed by atoms with van der Waals surface area (Å²) in [7, 11) is 1.68. The lowest BCUT2D eigenvalue weighted by Crippen LogP contribution is -2.45. The van der Waals surface area contributed by atoms with Crippen molar-refractivity contribution in [2.45, 2.75) is 37.8 Å². The molecule has 5 heteroatoms. The second kappa shape index (κ2) is 9.68. The van der Waals surface area contributed by atoms with Crippen molar-refractivity contribution in [3.63, 3.8) is 0 Å². The quantitative estimate of drug-likeness (QED) is 0.604. The first-order valence-electron chi connectivity index (χ1n) is 8.03. The van der Waals surface area contributed by atoms with E-state index in [2.05, 4.69) is 10.2 Å². The maximum atomic E-state index is 5.57. The van der Waals surface area contributed by atoms with Gasteiger partial charge in [0.15, 0.2) is 0 Å². The molecule has 0 aromatic heterocycles. The fraction of sp³-hybridized carbons (Fsp3) is 1.00. The first kappa shape index (κ1) is 16.2. The molecular weight excluding hydrogens is 256 g/mol. The van der Waals surface area contributed by atoms with Crippen molar-refractivity contribution in [1.82, 2.24) is 10.2 Å². The lowest BCUT2D eigenvalue weighted by Gasteiger charge is -2.32. The van der Waals surface area contributed by atoms with E-state index in [1.807, 2.05) is 0 Å². The van der Waals surface area contributed by atoms with Gasteiger partial charge < -0.3 is 19.5 Å². The van der Waals surface area contributed by atoms with Gasteiger partial charge in [-0.3, -0.25) is 4.90 Å². The maximum Gasteiger partial charge on any atom is 0.0701 e. The minimum absolute atomic E-state index is 0.650. The number of nitrogens with one attached hydrogen (secondary N) is 1. The molecule has 2 heterocycles. The molecule has 2 fully saturated rings. The summed E-state index contributed by atoms with van der Waals surface area (Å²) in [5.74, 6) is 0. The molecule has 118 valence electrons. The van der Waals surface area contributed by atoms with Crippen LogP contribution in [0.4, 0.5) is 0 Å². The molecule has 2 atom stereocenters. The number of piperidine rings is 1. The summed E-state index contributed by atoms with van der Waals surface area (Å²) in [5, 5.41) is 3.66. The summed E-state index contributed by atoms with van der Waals surface area (Å²) in [6.45, 7) is 6.94. The zero-order valence-electron chi connectivity index (χ0n) is 12.8. The first-order chi connectivity index (χ1) is 9.92. The van der Waals surface area contributed by atoms with Gasteiger partial charge in [-0.25, -0.2) is 0 Å². The topological polar surface area (TPSA) is 43.0 Å². The average molecular weight is 286 g/mol. The zero-order valence-corrected chi connectivity index (χ0v) is 12.8. The van der Waals surface area contributed by atoms with Crippen molar-refractivity contribution in [3.05, 3.63) is 0 Å². The highest BCUT2D eigenvalue weighted by molar-refractivity contribution is 4.93. The average Bonchev–Trinajstić information content (AvgIpc) is 2.89. The van der Waals surface area contributed by atoms with Crippen molar-refractivity contribution in [2.75, 3.05) is 59.8 Å². The molecule has 0 bridgehead atoms. The second-order valence-corrected chi connectivity index (χ2v) is 5.67. The predicted octanol–water partition coefficient (Wildman–Crippen LogP) is 0.882. The Labute approximate surface area is 122 Å². The van der Waals surface area contributed by atoms with E-state index in [4.69, 9.17) is 14.2 Å². The van der Waals surface area contributed by atoms with Gasteiger partial charge in [0.1, 0.15) is 0 Å². The summed E-state index contributed by atoms with van der Waals surface area (Å²) in [4.78, 5) is 2.66. The number of fused-ring (bicyclic) bond motifs is 1. The summed E-state index contributed by atoms with van der Waals surface area (Å²) in [5.41, 5.74) is 0. The normalized spacial score (nSPS) is 26.9. The molecule has 2 rings (SSSR count). The van der Waals surface area contributed by atoms with E-state index in [0.717, 1.165) is 19.2 Å². The molecule has 20 heavy (non-hydrogen) atoms. The Kier molecular flexibility index (Phi) is 7.83. The fourth-order valence-electron chi connectivity index (χ4n) is 3.27. The highest BCUT2D eigenvalue weighted by Gasteiger charge is 2.34. The SMILES string of the molecule is COCCOCCOCCNC1CCN2CCCCC12. The minimum Gasteiger partial charge on any atom is -0.382 e. The summed E-state index contributed by atoms with van der Waals surface area (Å²) < 4.78 is 15.8. The molecule has 0 aromatic carbocycles. The van der Waals surface area contributed by atoms with Crippen molar-refractivity contribution >= 4 is 0 Å². The number of methoxy groups -OCH3 is 1. The van der Waals surface area contributed by atoms with Crippen LogP contribution in [-0.4, -0.2) is 76.8 Å². The second-order valence-electron chi connectivity index (χ2n) is 5.67. The summed E-state index contributed by atoms with van der Waals surface area (Å²) in [6, 6.07) is 1.46. The third kappa shape index (κ3) is 5.30. The number of nitrogens with zero attached hydrogens (tertiary/aromatic N) is 1. The third-order valence-electron chi connectivity index (χ3n) is 4.31. The van der Waals surface area contributed by atoms with Gasteiger partial charge in [-0.15, -0.1) is 0 Å². The lowest BCUT2D eigenvalue weighted by atomic mass is 9.99. The molecule has 2 unspecified atom stereocenters. The van der Waals surface area contributed by atoms with Gasteiger partial charge in [-0.2, -0.15) is 0 Å². The minimum atomic E-state index is 0.650. The highest BCUT2D eigenvalue weighted by Crippen LogP contribution is 2.26. The lowest BCUT2D eigenvalue weighted by molar-refractivity contribution is 0.0249. The molecular formula is C15H30N2O3. The van der Waals surface area contributed by atoms with Gasteiger partial charge in [0.25, 0.3) is 0 Å². The monoisotopic (exact) mass is 286 g/mol. The van der Waals surface area contributed by atoms with Crippen LogP contribution in [-0.2, 0) is 14.2 Å². The Morgan fingerprint density at radius 3 is 2.60 bits per heavy atom. The van der Waals surface area contributed by atoms with Gasteiger partial charge >= 0.3 is 0 Å². The Morgan fingerprint density at radius 2 is 1.75 bits per heavy atom. The summed E-state index contributed by atoms with van der Waals surface area (Å²) in [6.07, 6.45) is 5.45. The molecule has 0 spiro atoms. The first-order valence-corrected chi connectivity index (χ1v) is 8.03. The van der Waals surface area contributed by atoms with Gasteiger partial charge in [0.2, 0.25) is 0 Å². The van der Waals surface area contributed by atoms with Crippen LogP contribution in [0.25, 0.3) is 0 Å². The molecule has 0 aliphatic carbocycles. The van der Waals surface area contributed by atoms with Gasteiger partial charge in [0.05, 0.1) is 33.0 Å². The number of hydrogen-bond acceptors (Lipinski definition) is 5. The Balaban J connectivity index is 1.43. The largest absolute Gasteiger partial charge is 0.382 e. The number of rotatable bonds is 10. The molecule has 0 saturated carbocycles. The number of hydrogen-bond donors (Lipinski definition) is 1. The summed E-state index contributed by atoms with van der Waals surface area (Å²) >= 11 is 0. The Hall–Kier alpha value is -0.200. The van der Waals surface area contributed by atoms with Crippen LogP contribution < -0.4 is 5.32 Å². The van der Waals surface area contributed by atoms with Crippen LogP contribution in [0, 0.1) is 0 Å². The van der Waals surface area contributed by atoms with Gasteiger partial charge in [0, 0.05) is 32.3 Å². The van der Waals surface area contributed by atoms with E-state index in [1.165, 1.54) is 38.8 Å². The van der Waals surface area contributed by atoms with Crippen LogP contribution in [0.3, 0.4) is 0 Å². The molecule has 2 aliphatic rings. The molecule has 2 saturated heterocycles. The molecule has 0 radical (unpaired) electrons. The van der Waals surface area contributed by atoms with Crippen molar-refractivity contribution in [2.24, 2.45) is 0 Å². The van der Waals surface area contributed by atoms with Crippen LogP contribution in [0.2, 0.25) is 0 Å². The van der Waals surface area contributed by atoms with E-state index >= 15 is 0 Å². The molecule has 2 aliphatic heterocycles. The van der Waals surface area contributed by atoms with E-state index in [-0.39, 0.29) is 0 Å². The Morgan fingerprint density at radius 1 is 0.950 bits per heavy atom. The Bertz CT molecular complexity index is 253. The predicted molar refractivity (Wildman–Crippen MR) is 79.1 cm³/mol. The van der Waals surface area contributed by atoms with Gasteiger partial charge in [-0.05, 0) is 25.8 Å². The number of ether oxygens (including phenoxy) is 3. The van der Waals surface area contributed by atoms with E-state index in [1.54, 1.807) is 7.11 Å². The maximum absolute atomic E-state index is 5.57. The molecule has 0 aromatic rings. The van der Waals surface area contributed by atoms with E-state index < -0.39 is 0 Å². The van der Waals surface area contributed by atoms with Crippen LogP contribution in [0.5, 0.6) is 0 Å². The van der Waals surface area contributed by atoms with Crippen molar-refractivity contribution < 1.29 is 14.2 Å². The zero-order chi connectivity index (χ0) is 14.0. The standard InChI is InChI=1S/C15H30N2O3/c1-18-10-11-20-13-12-19-9-6-16-14-5-8-17-7-3-2-4-15(14)17/h14-16H,2-13H2,1H3.